The minimum Gasteiger partial charge on any atom is -0.494 e. The first-order valence-corrected chi connectivity index (χ1v) is 17.4. The van der Waals surface area contributed by atoms with E-state index in [4.69, 9.17) is 9.47 Å². The van der Waals surface area contributed by atoms with Crippen LogP contribution in [0.2, 0.25) is 0 Å². The molecule has 9 heteroatoms. The maximum absolute atomic E-state index is 14.9. The standard InChI is InChI=1S/C37H53N3O6/c1-6-21-38(28-17-19-29(20-18-28)45-8-3)33(42)30-31-34(43)40(23-13-10-14-24-41)32(37(31)25-26(4)36(30,5)46-37)35(44)39(22-7-2)27-15-11-9-12-16-27/h6-7,17-20,26-27,30-32,41H,1-2,8-16,21-25H2,3-5H3/t26?,30-,31+,32?,36+,37?/m1/s1. The molecule has 6 atom stereocenters. The van der Waals surface area contributed by atoms with Crippen LogP contribution in [0.4, 0.5) is 5.69 Å². The van der Waals surface area contributed by atoms with Gasteiger partial charge in [0, 0.05) is 38.0 Å². The van der Waals surface area contributed by atoms with E-state index >= 15 is 0 Å². The van der Waals surface area contributed by atoms with Gasteiger partial charge in [-0.05, 0) is 82.6 Å². The minimum absolute atomic E-state index is 0.0522. The van der Waals surface area contributed by atoms with Crippen molar-refractivity contribution in [1.29, 1.82) is 0 Å². The summed E-state index contributed by atoms with van der Waals surface area (Å²) in [6, 6.07) is 6.67. The molecule has 4 aliphatic rings. The molecule has 3 heterocycles. The number of nitrogens with zero attached hydrogens (tertiary/aromatic N) is 3. The Labute approximate surface area is 274 Å². The fourth-order valence-corrected chi connectivity index (χ4v) is 8.82. The summed E-state index contributed by atoms with van der Waals surface area (Å²) in [5, 5.41) is 9.40. The molecule has 1 saturated carbocycles. The Morgan fingerprint density at radius 3 is 2.39 bits per heavy atom. The van der Waals surface area contributed by atoms with Crippen molar-refractivity contribution in [2.45, 2.75) is 102 Å². The molecule has 1 aromatic rings. The summed E-state index contributed by atoms with van der Waals surface area (Å²) < 4.78 is 12.7. The van der Waals surface area contributed by atoms with Crippen molar-refractivity contribution in [1.82, 2.24) is 9.80 Å². The van der Waals surface area contributed by atoms with Gasteiger partial charge in [-0.3, -0.25) is 14.4 Å². The van der Waals surface area contributed by atoms with E-state index in [1.54, 1.807) is 22.0 Å². The highest BCUT2D eigenvalue weighted by Gasteiger charge is 2.80. The summed E-state index contributed by atoms with van der Waals surface area (Å²) in [5.41, 5.74) is -1.33. The van der Waals surface area contributed by atoms with Gasteiger partial charge in [0.05, 0.1) is 24.0 Å². The maximum atomic E-state index is 14.9. The van der Waals surface area contributed by atoms with Crippen LogP contribution in [-0.2, 0) is 19.1 Å². The summed E-state index contributed by atoms with van der Waals surface area (Å²) in [4.78, 5) is 49.7. The number of hydrogen-bond donors (Lipinski definition) is 1. The Bertz CT molecular complexity index is 1280. The van der Waals surface area contributed by atoms with Gasteiger partial charge in [0.15, 0.2) is 0 Å². The van der Waals surface area contributed by atoms with Crippen LogP contribution in [-0.4, -0.2) is 88.8 Å². The minimum atomic E-state index is -1.10. The summed E-state index contributed by atoms with van der Waals surface area (Å²) in [5.74, 6) is -1.35. The second kappa shape index (κ2) is 14.3. The quantitative estimate of drug-likeness (QED) is 0.212. The number of unbranched alkanes of at least 4 members (excludes halogenated alkanes) is 2. The van der Waals surface area contributed by atoms with Gasteiger partial charge in [-0.15, -0.1) is 13.2 Å². The number of aliphatic hydroxyl groups is 1. The van der Waals surface area contributed by atoms with Crippen molar-refractivity contribution in [3.8, 4) is 5.75 Å². The van der Waals surface area contributed by atoms with Gasteiger partial charge in [0.25, 0.3) is 0 Å². The number of rotatable bonds is 15. The lowest BCUT2D eigenvalue weighted by Gasteiger charge is -2.41. The average Bonchev–Trinajstić information content (AvgIpc) is 3.57. The number of hydrogen-bond acceptors (Lipinski definition) is 6. The Hall–Kier alpha value is -3.17. The molecule has 3 aliphatic heterocycles. The van der Waals surface area contributed by atoms with E-state index in [9.17, 15) is 19.5 Å². The van der Waals surface area contributed by atoms with Crippen molar-refractivity contribution in [2.24, 2.45) is 17.8 Å². The average molecular weight is 636 g/mol. The van der Waals surface area contributed by atoms with Gasteiger partial charge in [0.2, 0.25) is 17.7 Å². The van der Waals surface area contributed by atoms with Gasteiger partial charge in [-0.1, -0.05) is 38.3 Å². The molecule has 252 valence electrons. The lowest BCUT2D eigenvalue weighted by Crippen LogP contribution is -2.58. The van der Waals surface area contributed by atoms with Crippen LogP contribution in [0, 0.1) is 17.8 Å². The van der Waals surface area contributed by atoms with Crippen LogP contribution in [0.15, 0.2) is 49.6 Å². The number of carbonyl (C=O) groups excluding carboxylic acids is 3. The highest BCUT2D eigenvalue weighted by atomic mass is 16.5. The molecule has 3 unspecified atom stereocenters. The van der Waals surface area contributed by atoms with Gasteiger partial charge >= 0.3 is 0 Å². The number of amides is 3. The topological polar surface area (TPSA) is 99.6 Å². The van der Waals surface area contributed by atoms with Crippen molar-refractivity contribution in [2.75, 3.05) is 37.7 Å². The predicted molar refractivity (Wildman–Crippen MR) is 178 cm³/mol. The summed E-state index contributed by atoms with van der Waals surface area (Å²) in [6.07, 6.45) is 11.2. The van der Waals surface area contributed by atoms with Crippen molar-refractivity contribution < 1.29 is 29.0 Å². The van der Waals surface area contributed by atoms with E-state index < -0.39 is 29.1 Å². The fraction of sp³-hybridized carbons (Fsp3) is 0.649. The van der Waals surface area contributed by atoms with Crippen molar-refractivity contribution >= 4 is 23.4 Å². The van der Waals surface area contributed by atoms with E-state index in [0.29, 0.717) is 50.4 Å². The van der Waals surface area contributed by atoms with E-state index in [0.717, 1.165) is 38.5 Å². The first kappa shape index (κ1) is 34.2. The molecule has 1 aliphatic carbocycles. The van der Waals surface area contributed by atoms with Crippen LogP contribution in [0.3, 0.4) is 0 Å². The predicted octanol–water partition coefficient (Wildman–Crippen LogP) is 5.12. The third-order valence-electron chi connectivity index (χ3n) is 11.0. The fourth-order valence-electron chi connectivity index (χ4n) is 8.82. The van der Waals surface area contributed by atoms with E-state index in [1.165, 1.54) is 0 Å². The molecule has 4 fully saturated rings. The third kappa shape index (κ3) is 5.89. The van der Waals surface area contributed by atoms with E-state index in [2.05, 4.69) is 20.1 Å². The highest BCUT2D eigenvalue weighted by molar-refractivity contribution is 6.03. The Morgan fingerprint density at radius 1 is 1.07 bits per heavy atom. The number of anilines is 1. The number of aliphatic hydroxyl groups excluding tert-OH is 1. The first-order valence-electron chi connectivity index (χ1n) is 17.4. The molecule has 2 bridgehead atoms. The van der Waals surface area contributed by atoms with Crippen molar-refractivity contribution in [3.05, 3.63) is 49.6 Å². The second-order valence-corrected chi connectivity index (χ2v) is 13.8. The third-order valence-corrected chi connectivity index (χ3v) is 11.0. The van der Waals surface area contributed by atoms with E-state index in [-0.39, 0.29) is 42.8 Å². The lowest BCUT2D eigenvalue weighted by molar-refractivity contribution is -0.154. The van der Waals surface area contributed by atoms with Crippen LogP contribution >= 0.6 is 0 Å². The molecular formula is C37H53N3O6. The maximum Gasteiger partial charge on any atom is 0.248 e. The molecule has 0 aromatic heterocycles. The van der Waals surface area contributed by atoms with Gasteiger partial charge in [0.1, 0.15) is 17.4 Å². The summed E-state index contributed by atoms with van der Waals surface area (Å²) in [7, 11) is 0. The molecule has 1 N–H and O–H groups in total. The van der Waals surface area contributed by atoms with Crippen molar-refractivity contribution in [3.63, 3.8) is 0 Å². The lowest BCUT2D eigenvalue weighted by atomic mass is 9.62. The first-order chi connectivity index (χ1) is 22.2. The molecule has 0 radical (unpaired) electrons. The SMILES string of the molecule is C=CCN(C(=O)[C@H]1[C@H]2C(=O)N(CCCCCO)C(C(=O)N(CC=C)C3CCCCC3)C23CC(C)[C@]1(C)O3)c1ccc(OCC)cc1. The molecule has 5 rings (SSSR count). The smallest absolute Gasteiger partial charge is 0.248 e. The van der Waals surface area contributed by atoms with Gasteiger partial charge in [-0.2, -0.15) is 0 Å². The van der Waals surface area contributed by atoms with Gasteiger partial charge in [-0.25, -0.2) is 0 Å². The number of carbonyl (C=O) groups is 3. The summed E-state index contributed by atoms with van der Waals surface area (Å²) >= 11 is 0. The zero-order valence-corrected chi connectivity index (χ0v) is 28.0. The molecule has 9 nitrogen and oxygen atoms in total. The molecule has 46 heavy (non-hydrogen) atoms. The number of likely N-dealkylation sites (tertiary alicyclic amines) is 1. The van der Waals surface area contributed by atoms with Crippen LogP contribution in [0.5, 0.6) is 5.75 Å². The molecule has 1 spiro atoms. The Morgan fingerprint density at radius 2 is 1.76 bits per heavy atom. The Kier molecular flexibility index (Phi) is 10.6. The number of ether oxygens (including phenoxy) is 2. The monoisotopic (exact) mass is 635 g/mol. The van der Waals surface area contributed by atoms with Gasteiger partial charge < -0.3 is 29.3 Å². The highest BCUT2D eigenvalue weighted by Crippen LogP contribution is 2.65. The zero-order chi connectivity index (χ0) is 33.1. The molecule has 3 amide bonds. The second-order valence-electron chi connectivity index (χ2n) is 13.8. The normalized spacial score (nSPS) is 30.3. The van der Waals surface area contributed by atoms with Crippen LogP contribution in [0.1, 0.15) is 78.6 Å². The van der Waals surface area contributed by atoms with Crippen LogP contribution < -0.4 is 9.64 Å². The summed E-state index contributed by atoms with van der Waals surface area (Å²) in [6.45, 7) is 15.5. The van der Waals surface area contributed by atoms with Crippen LogP contribution in [0.25, 0.3) is 0 Å². The molecule has 1 aromatic carbocycles. The number of benzene rings is 1. The largest absolute Gasteiger partial charge is 0.494 e. The molecular weight excluding hydrogens is 582 g/mol. The molecule has 3 saturated heterocycles. The van der Waals surface area contributed by atoms with E-state index in [1.807, 2.05) is 43.0 Å². The Balaban J connectivity index is 1.55. The number of fused-ring (bicyclic) bond motifs is 1. The zero-order valence-electron chi connectivity index (χ0n) is 28.0.